The monoisotopic (exact) mass is 242 g/mol. The largest absolute Gasteiger partial charge is 0.236 e. The highest BCUT2D eigenvalue weighted by Crippen LogP contribution is 2.21. The summed E-state index contributed by atoms with van der Waals surface area (Å²) in [5.74, 6) is 0. The number of nitrogens with zero attached hydrogens (tertiary/aromatic N) is 2. The third-order valence-corrected chi connectivity index (χ3v) is 3.40. The van der Waals surface area contributed by atoms with E-state index in [1.54, 1.807) is 6.07 Å². The maximum Gasteiger partial charge on any atom is 0.175 e. The number of hydrogen-bond donors (Lipinski definition) is 0. The van der Waals surface area contributed by atoms with E-state index in [0.29, 0.717) is 16.1 Å². The smallest absolute Gasteiger partial charge is 0.175 e. The van der Waals surface area contributed by atoms with Crippen LogP contribution >= 0.6 is 11.6 Å². The van der Waals surface area contributed by atoms with Gasteiger partial charge < -0.3 is 0 Å². The van der Waals surface area contributed by atoms with Gasteiger partial charge in [0.15, 0.2) is 9.84 Å². The molecular weight excluding hydrogens is 236 g/mol. The Hall–Kier alpha value is -1.20. The third-order valence-electron chi connectivity index (χ3n) is 1.99. The summed E-state index contributed by atoms with van der Waals surface area (Å²) < 4.78 is 22.6. The van der Waals surface area contributed by atoms with Gasteiger partial charge in [-0.3, -0.25) is 0 Å². The number of sulfone groups is 1. The minimum Gasteiger partial charge on any atom is -0.236 e. The predicted octanol–water partition coefficient (Wildman–Crippen LogP) is 1.69. The van der Waals surface area contributed by atoms with E-state index in [0.717, 1.165) is 6.26 Å². The second-order valence-electron chi connectivity index (χ2n) is 3.12. The van der Waals surface area contributed by atoms with Crippen LogP contribution in [0.2, 0.25) is 5.15 Å². The van der Waals surface area contributed by atoms with Gasteiger partial charge in [0, 0.05) is 11.6 Å². The van der Waals surface area contributed by atoms with E-state index in [2.05, 4.69) is 9.97 Å². The van der Waals surface area contributed by atoms with Crippen LogP contribution in [0.1, 0.15) is 0 Å². The third kappa shape index (κ3) is 1.93. The number of hydrogen-bond acceptors (Lipinski definition) is 4. The molecule has 1 aromatic heterocycles. The SMILES string of the molecule is CS(=O)(=O)c1ccc2c(Cl)ncnc2c1. The fourth-order valence-corrected chi connectivity index (χ4v) is 2.08. The van der Waals surface area contributed by atoms with Crippen LogP contribution in [0.3, 0.4) is 0 Å². The van der Waals surface area contributed by atoms with Crippen molar-refractivity contribution in [1.82, 2.24) is 9.97 Å². The van der Waals surface area contributed by atoms with Crippen molar-refractivity contribution < 1.29 is 8.42 Å². The molecule has 4 nitrogen and oxygen atoms in total. The van der Waals surface area contributed by atoms with Gasteiger partial charge in [-0.2, -0.15) is 0 Å². The van der Waals surface area contributed by atoms with Crippen LogP contribution < -0.4 is 0 Å². The summed E-state index contributed by atoms with van der Waals surface area (Å²) in [5.41, 5.74) is 0.526. The molecule has 0 amide bonds. The van der Waals surface area contributed by atoms with Gasteiger partial charge in [-0.1, -0.05) is 11.6 Å². The molecular formula is C9H7ClN2O2S. The van der Waals surface area contributed by atoms with E-state index in [1.807, 2.05) is 0 Å². The summed E-state index contributed by atoms with van der Waals surface area (Å²) in [6.45, 7) is 0. The molecule has 78 valence electrons. The summed E-state index contributed by atoms with van der Waals surface area (Å²) in [5, 5.41) is 0.964. The standard InChI is InChI=1S/C9H7ClN2O2S/c1-15(13,14)6-2-3-7-8(4-6)11-5-12-9(7)10/h2-5H,1H3. The highest BCUT2D eigenvalue weighted by molar-refractivity contribution is 7.90. The molecule has 2 aromatic rings. The van der Waals surface area contributed by atoms with E-state index in [-0.39, 0.29) is 4.90 Å². The molecule has 0 spiro atoms. The highest BCUT2D eigenvalue weighted by Gasteiger charge is 2.09. The van der Waals surface area contributed by atoms with Gasteiger partial charge in [0.25, 0.3) is 0 Å². The van der Waals surface area contributed by atoms with Gasteiger partial charge in [0.05, 0.1) is 10.4 Å². The van der Waals surface area contributed by atoms with Crippen molar-refractivity contribution in [3.05, 3.63) is 29.7 Å². The fraction of sp³-hybridized carbons (Fsp3) is 0.111. The van der Waals surface area contributed by atoms with Crippen molar-refractivity contribution in [3.63, 3.8) is 0 Å². The Kier molecular flexibility index (Phi) is 2.36. The van der Waals surface area contributed by atoms with Crippen LogP contribution in [0.25, 0.3) is 10.9 Å². The molecule has 0 fully saturated rings. The van der Waals surface area contributed by atoms with Crippen LogP contribution in [0.15, 0.2) is 29.4 Å². The van der Waals surface area contributed by atoms with Crippen LogP contribution in [-0.4, -0.2) is 24.6 Å². The molecule has 0 unspecified atom stereocenters. The first-order chi connectivity index (χ1) is 6.98. The summed E-state index contributed by atoms with van der Waals surface area (Å²) in [6.07, 6.45) is 2.45. The Balaban J connectivity index is 2.79. The van der Waals surface area contributed by atoms with Gasteiger partial charge in [0.1, 0.15) is 11.5 Å². The van der Waals surface area contributed by atoms with E-state index >= 15 is 0 Å². The van der Waals surface area contributed by atoms with E-state index in [9.17, 15) is 8.42 Å². The maximum atomic E-state index is 11.3. The van der Waals surface area contributed by atoms with Crippen LogP contribution in [0, 0.1) is 0 Å². The van der Waals surface area contributed by atoms with Gasteiger partial charge in [-0.15, -0.1) is 0 Å². The zero-order valence-corrected chi connectivity index (χ0v) is 9.38. The number of rotatable bonds is 1. The Morgan fingerprint density at radius 2 is 2.00 bits per heavy atom. The average Bonchev–Trinajstić information content (AvgIpc) is 2.16. The fourth-order valence-electron chi connectivity index (χ4n) is 1.23. The van der Waals surface area contributed by atoms with Crippen LogP contribution in [0.5, 0.6) is 0 Å². The lowest BCUT2D eigenvalue weighted by atomic mass is 10.2. The molecule has 0 N–H and O–H groups in total. The van der Waals surface area contributed by atoms with E-state index < -0.39 is 9.84 Å². The molecule has 1 aromatic carbocycles. The molecule has 0 aliphatic carbocycles. The second kappa shape index (κ2) is 3.43. The van der Waals surface area contributed by atoms with Gasteiger partial charge in [-0.25, -0.2) is 18.4 Å². The van der Waals surface area contributed by atoms with Crippen LogP contribution in [0.4, 0.5) is 0 Å². The highest BCUT2D eigenvalue weighted by atomic mass is 35.5. The Morgan fingerprint density at radius 1 is 1.27 bits per heavy atom. The average molecular weight is 243 g/mol. The van der Waals surface area contributed by atoms with Crippen molar-refractivity contribution in [3.8, 4) is 0 Å². The van der Waals surface area contributed by atoms with E-state index in [1.165, 1.54) is 18.5 Å². The maximum absolute atomic E-state index is 11.3. The molecule has 15 heavy (non-hydrogen) atoms. The first-order valence-corrected chi connectivity index (χ1v) is 6.36. The molecule has 0 atom stereocenters. The first kappa shape index (κ1) is 10.3. The molecule has 0 aliphatic heterocycles. The van der Waals surface area contributed by atoms with Crippen molar-refractivity contribution in [2.75, 3.05) is 6.26 Å². The van der Waals surface area contributed by atoms with Crippen molar-refractivity contribution in [2.45, 2.75) is 4.90 Å². The van der Waals surface area contributed by atoms with Gasteiger partial charge in [-0.05, 0) is 18.2 Å². The van der Waals surface area contributed by atoms with E-state index in [4.69, 9.17) is 11.6 Å². The number of halogens is 1. The van der Waals surface area contributed by atoms with Crippen molar-refractivity contribution in [1.29, 1.82) is 0 Å². The predicted molar refractivity (Wildman–Crippen MR) is 57.7 cm³/mol. The summed E-state index contributed by atoms with van der Waals surface area (Å²) in [6, 6.07) is 4.58. The minimum absolute atomic E-state index is 0.227. The normalized spacial score (nSPS) is 11.9. The number of aromatic nitrogens is 2. The zero-order chi connectivity index (χ0) is 11.1. The number of benzene rings is 1. The lowest BCUT2D eigenvalue weighted by Crippen LogP contribution is -1.97. The quantitative estimate of drug-likeness (QED) is 0.714. The summed E-state index contributed by atoms with van der Waals surface area (Å²) in [7, 11) is -3.21. The molecule has 0 aliphatic rings. The molecule has 0 saturated carbocycles. The Morgan fingerprint density at radius 3 is 2.67 bits per heavy atom. The number of fused-ring (bicyclic) bond motifs is 1. The topological polar surface area (TPSA) is 59.9 Å². The second-order valence-corrected chi connectivity index (χ2v) is 5.49. The first-order valence-electron chi connectivity index (χ1n) is 4.09. The molecule has 0 bridgehead atoms. The molecule has 1 heterocycles. The van der Waals surface area contributed by atoms with Crippen LogP contribution in [-0.2, 0) is 9.84 Å². The zero-order valence-electron chi connectivity index (χ0n) is 7.81. The van der Waals surface area contributed by atoms with Crippen molar-refractivity contribution in [2.24, 2.45) is 0 Å². The van der Waals surface area contributed by atoms with Gasteiger partial charge >= 0.3 is 0 Å². The lowest BCUT2D eigenvalue weighted by Gasteiger charge is -2.01. The van der Waals surface area contributed by atoms with Crippen molar-refractivity contribution >= 4 is 32.3 Å². The summed E-state index contributed by atoms with van der Waals surface area (Å²) in [4.78, 5) is 7.99. The molecule has 0 saturated heterocycles. The summed E-state index contributed by atoms with van der Waals surface area (Å²) >= 11 is 5.82. The van der Waals surface area contributed by atoms with Gasteiger partial charge in [0.2, 0.25) is 0 Å². The lowest BCUT2D eigenvalue weighted by molar-refractivity contribution is 0.602. The Bertz CT molecular complexity index is 625. The molecule has 2 rings (SSSR count). The Labute approximate surface area is 91.8 Å². The molecule has 6 heteroatoms. The molecule has 0 radical (unpaired) electrons. The minimum atomic E-state index is -3.21.